The van der Waals surface area contributed by atoms with Crippen molar-refractivity contribution in [2.24, 2.45) is 5.73 Å². The molecule has 0 spiro atoms. The molecule has 1 atom stereocenters. The lowest BCUT2D eigenvalue weighted by Gasteiger charge is -2.40. The first-order valence-electron chi connectivity index (χ1n) is 9.17. The maximum Gasteiger partial charge on any atom is 0.432 e. The largest absolute Gasteiger partial charge is 0.463 e. The molecule has 0 fully saturated rings. The summed E-state index contributed by atoms with van der Waals surface area (Å²) in [5.74, 6) is -1.57. The standard InChI is InChI=1S/C20H18ClN7O4/c1-11-6-12(10-22)8-13(7-11)26(20(31)32)28-16(19(30)24-2)9-15(17(23)29)27(28)18-14(21)4-3-5-25-18/h3-9,15H,1-2H3,(H2,23,29)(H,24,30)(H,31,32). The number of primary amides is 1. The first-order chi connectivity index (χ1) is 15.2. The number of rotatable bonds is 5. The third kappa shape index (κ3) is 3.99. The molecule has 0 saturated heterocycles. The van der Waals surface area contributed by atoms with Crippen LogP contribution in [0, 0.1) is 18.3 Å². The summed E-state index contributed by atoms with van der Waals surface area (Å²) in [6, 6.07) is 8.13. The summed E-state index contributed by atoms with van der Waals surface area (Å²) in [5.41, 5.74) is 6.20. The van der Waals surface area contributed by atoms with Crippen LogP contribution in [0.1, 0.15) is 11.1 Å². The molecule has 3 amide bonds. The number of nitrogens with zero attached hydrogens (tertiary/aromatic N) is 5. The lowest BCUT2D eigenvalue weighted by Crippen LogP contribution is -2.58. The highest BCUT2D eigenvalue weighted by atomic mass is 35.5. The number of carboxylic acid groups (broad SMARTS) is 1. The van der Waals surface area contributed by atoms with Crippen LogP contribution < -0.4 is 21.1 Å². The number of aromatic nitrogens is 1. The van der Waals surface area contributed by atoms with E-state index in [1.165, 1.54) is 37.5 Å². The quantitative estimate of drug-likeness (QED) is 0.612. The highest BCUT2D eigenvalue weighted by molar-refractivity contribution is 6.33. The van der Waals surface area contributed by atoms with Crippen molar-refractivity contribution in [3.8, 4) is 6.07 Å². The zero-order chi connectivity index (χ0) is 23.6. The minimum Gasteiger partial charge on any atom is -0.463 e. The predicted octanol–water partition coefficient (Wildman–Crippen LogP) is 1.54. The number of amides is 3. The van der Waals surface area contributed by atoms with Gasteiger partial charge in [-0.1, -0.05) is 11.6 Å². The van der Waals surface area contributed by atoms with Crippen LogP contribution in [0.15, 0.2) is 48.3 Å². The predicted molar refractivity (Wildman–Crippen MR) is 115 cm³/mol. The molecule has 1 unspecified atom stereocenters. The molecule has 32 heavy (non-hydrogen) atoms. The molecular formula is C20H18ClN7O4. The normalized spacial score (nSPS) is 15.1. The summed E-state index contributed by atoms with van der Waals surface area (Å²) in [5, 5.41) is 24.7. The fraction of sp³-hybridized carbons (Fsp3) is 0.150. The van der Waals surface area contributed by atoms with Crippen LogP contribution in [-0.2, 0) is 9.59 Å². The minimum absolute atomic E-state index is 0.00692. The summed E-state index contributed by atoms with van der Waals surface area (Å²) >= 11 is 6.29. The van der Waals surface area contributed by atoms with E-state index in [-0.39, 0.29) is 27.8 Å². The fourth-order valence-corrected chi connectivity index (χ4v) is 3.45. The van der Waals surface area contributed by atoms with Crippen molar-refractivity contribution in [1.82, 2.24) is 15.4 Å². The number of aryl methyl sites for hydroxylation is 1. The Kier molecular flexibility index (Phi) is 6.17. The van der Waals surface area contributed by atoms with Gasteiger partial charge in [0.1, 0.15) is 5.70 Å². The van der Waals surface area contributed by atoms with Crippen molar-refractivity contribution < 1.29 is 19.5 Å². The Morgan fingerprint density at radius 2 is 2.06 bits per heavy atom. The van der Waals surface area contributed by atoms with Crippen LogP contribution in [0.5, 0.6) is 0 Å². The van der Waals surface area contributed by atoms with Gasteiger partial charge in [-0.25, -0.2) is 14.8 Å². The average Bonchev–Trinajstić information content (AvgIpc) is 3.13. The molecule has 1 aromatic heterocycles. The number of nitrogens with one attached hydrogen (secondary N) is 1. The summed E-state index contributed by atoms with van der Waals surface area (Å²) in [6.45, 7) is 1.68. The second-order valence-corrected chi connectivity index (χ2v) is 7.09. The van der Waals surface area contributed by atoms with Crippen molar-refractivity contribution in [2.75, 3.05) is 17.1 Å². The molecule has 0 aliphatic carbocycles. The molecule has 2 heterocycles. The number of halogens is 1. The smallest absolute Gasteiger partial charge is 0.432 e. The van der Waals surface area contributed by atoms with Gasteiger partial charge in [0.15, 0.2) is 11.9 Å². The van der Waals surface area contributed by atoms with Crippen LogP contribution in [0.3, 0.4) is 0 Å². The zero-order valence-corrected chi connectivity index (χ0v) is 17.7. The van der Waals surface area contributed by atoms with Gasteiger partial charge in [0.05, 0.1) is 22.3 Å². The molecule has 0 bridgehead atoms. The van der Waals surface area contributed by atoms with E-state index in [0.29, 0.717) is 10.6 Å². The first-order valence-corrected chi connectivity index (χ1v) is 9.55. The average molecular weight is 456 g/mol. The van der Waals surface area contributed by atoms with Gasteiger partial charge in [-0.15, -0.1) is 0 Å². The Morgan fingerprint density at radius 3 is 2.62 bits per heavy atom. The Bertz CT molecular complexity index is 1180. The molecule has 3 rings (SSSR count). The molecule has 0 radical (unpaired) electrons. The van der Waals surface area contributed by atoms with E-state index in [1.54, 1.807) is 19.1 Å². The van der Waals surface area contributed by atoms with E-state index >= 15 is 0 Å². The Labute approximate surface area is 187 Å². The molecular weight excluding hydrogens is 438 g/mol. The van der Waals surface area contributed by atoms with E-state index in [4.69, 9.17) is 17.3 Å². The van der Waals surface area contributed by atoms with Gasteiger partial charge in [-0.3, -0.25) is 9.59 Å². The number of nitrogens with two attached hydrogens (primary N) is 1. The SMILES string of the molecule is CNC(=O)C1=CC(C(N)=O)N(c2ncccc2Cl)N1N(C(=O)O)c1cc(C)cc(C#N)c1. The lowest BCUT2D eigenvalue weighted by atomic mass is 10.1. The van der Waals surface area contributed by atoms with Crippen LogP contribution in [-0.4, -0.2) is 46.2 Å². The van der Waals surface area contributed by atoms with Gasteiger partial charge in [-0.2, -0.15) is 15.4 Å². The number of hydrogen-bond donors (Lipinski definition) is 3. The Balaban J connectivity index is 2.30. The van der Waals surface area contributed by atoms with E-state index in [0.717, 1.165) is 10.1 Å². The fourth-order valence-electron chi connectivity index (χ4n) is 3.24. The summed E-state index contributed by atoms with van der Waals surface area (Å²) < 4.78 is 0. The second-order valence-electron chi connectivity index (χ2n) is 6.68. The molecule has 1 aliphatic heterocycles. The number of benzene rings is 1. The highest BCUT2D eigenvalue weighted by Gasteiger charge is 2.45. The first kappa shape index (κ1) is 22.4. The van der Waals surface area contributed by atoms with Crippen molar-refractivity contribution in [2.45, 2.75) is 13.0 Å². The molecule has 0 saturated carbocycles. The van der Waals surface area contributed by atoms with E-state index in [2.05, 4.69) is 10.3 Å². The number of hydrogen-bond acceptors (Lipinski definition) is 7. The summed E-state index contributed by atoms with van der Waals surface area (Å²) in [4.78, 5) is 41.6. The van der Waals surface area contributed by atoms with E-state index in [1.807, 2.05) is 6.07 Å². The summed E-state index contributed by atoms with van der Waals surface area (Å²) in [6.07, 6.45) is 1.10. The number of pyridine rings is 1. The minimum atomic E-state index is -1.50. The molecule has 1 aliphatic rings. The van der Waals surface area contributed by atoms with Gasteiger partial charge in [0.25, 0.3) is 5.91 Å². The van der Waals surface area contributed by atoms with Crippen LogP contribution in [0.25, 0.3) is 0 Å². The number of hydrazine groups is 2. The van der Waals surface area contributed by atoms with Crippen LogP contribution >= 0.6 is 11.6 Å². The van der Waals surface area contributed by atoms with Gasteiger partial charge < -0.3 is 16.2 Å². The zero-order valence-electron chi connectivity index (χ0n) is 17.0. The molecule has 2 aromatic rings. The molecule has 4 N–H and O–H groups in total. The highest BCUT2D eigenvalue weighted by Crippen LogP contribution is 2.36. The van der Waals surface area contributed by atoms with Gasteiger partial charge in [-0.05, 0) is 48.9 Å². The van der Waals surface area contributed by atoms with Crippen molar-refractivity contribution >= 4 is 41.0 Å². The monoisotopic (exact) mass is 455 g/mol. The van der Waals surface area contributed by atoms with Crippen LogP contribution in [0.4, 0.5) is 16.3 Å². The number of anilines is 2. The number of nitriles is 1. The third-order valence-electron chi connectivity index (χ3n) is 4.51. The number of likely N-dealkylation sites (N-methyl/N-ethyl adjacent to an activating group) is 1. The molecule has 12 heteroatoms. The summed E-state index contributed by atoms with van der Waals surface area (Å²) in [7, 11) is 1.35. The van der Waals surface area contributed by atoms with Crippen molar-refractivity contribution in [1.29, 1.82) is 5.26 Å². The lowest BCUT2D eigenvalue weighted by molar-refractivity contribution is -0.120. The second kappa shape index (κ2) is 8.83. The van der Waals surface area contributed by atoms with Crippen molar-refractivity contribution in [3.63, 3.8) is 0 Å². The van der Waals surface area contributed by atoms with E-state index in [9.17, 15) is 24.8 Å². The third-order valence-corrected chi connectivity index (χ3v) is 4.81. The number of carbonyl (C=O) groups excluding carboxylic acids is 2. The Hall–Kier alpha value is -4.30. The maximum absolute atomic E-state index is 12.7. The maximum atomic E-state index is 12.7. The van der Waals surface area contributed by atoms with Crippen molar-refractivity contribution in [3.05, 3.63) is 64.5 Å². The van der Waals surface area contributed by atoms with Gasteiger partial charge in [0.2, 0.25) is 5.91 Å². The van der Waals surface area contributed by atoms with Gasteiger partial charge >= 0.3 is 6.09 Å². The molecule has 11 nitrogen and oxygen atoms in total. The van der Waals surface area contributed by atoms with Gasteiger partial charge in [0, 0.05) is 13.2 Å². The van der Waals surface area contributed by atoms with Crippen LogP contribution in [0.2, 0.25) is 5.02 Å². The Morgan fingerprint density at radius 1 is 1.34 bits per heavy atom. The van der Waals surface area contributed by atoms with E-state index < -0.39 is 23.9 Å². The topological polar surface area (TPSA) is 156 Å². The molecule has 164 valence electrons. The molecule has 1 aromatic carbocycles. The number of carbonyl (C=O) groups is 3.